The van der Waals surface area contributed by atoms with Gasteiger partial charge in [-0.25, -0.2) is 4.79 Å². The van der Waals surface area contributed by atoms with Gasteiger partial charge in [0.05, 0.1) is 12.7 Å². The van der Waals surface area contributed by atoms with E-state index in [0.29, 0.717) is 11.1 Å². The van der Waals surface area contributed by atoms with Crippen LogP contribution in [0.2, 0.25) is 0 Å². The van der Waals surface area contributed by atoms with Gasteiger partial charge in [-0.15, -0.1) is 0 Å². The zero-order valence-corrected chi connectivity index (χ0v) is 10.0. The summed E-state index contributed by atoms with van der Waals surface area (Å²) in [4.78, 5) is 23.6. The molecule has 16 heavy (non-hydrogen) atoms. The maximum atomic E-state index is 12.1. The van der Waals surface area contributed by atoms with E-state index < -0.39 is 11.4 Å². The summed E-state index contributed by atoms with van der Waals surface area (Å²) in [7, 11) is 1.31. The molecule has 1 rings (SSSR count). The summed E-state index contributed by atoms with van der Waals surface area (Å²) in [5, 5.41) is 0. The Hall–Kier alpha value is -1.64. The number of hydrogen-bond donors (Lipinski definition) is 0. The van der Waals surface area contributed by atoms with Crippen LogP contribution in [0.5, 0.6) is 0 Å². The molecule has 0 aliphatic rings. The first-order valence-electron chi connectivity index (χ1n) is 5.10. The maximum absolute atomic E-state index is 12.1. The normalized spacial score (nSPS) is 11.0. The second kappa shape index (κ2) is 4.47. The molecule has 0 aliphatic carbocycles. The molecule has 0 amide bonds. The monoisotopic (exact) mass is 220 g/mol. The Balaban J connectivity index is 3.24. The van der Waals surface area contributed by atoms with Gasteiger partial charge >= 0.3 is 5.97 Å². The fraction of sp³-hybridized carbons (Fsp3) is 0.385. The summed E-state index contributed by atoms with van der Waals surface area (Å²) < 4.78 is 4.65. The molecule has 0 atom stereocenters. The van der Waals surface area contributed by atoms with Crippen LogP contribution in [0.1, 0.15) is 41.5 Å². The molecule has 1 aromatic rings. The fourth-order valence-corrected chi connectivity index (χ4v) is 1.37. The van der Waals surface area contributed by atoms with Gasteiger partial charge in [0.15, 0.2) is 5.78 Å². The second-order valence-corrected chi connectivity index (χ2v) is 4.62. The van der Waals surface area contributed by atoms with E-state index in [1.165, 1.54) is 7.11 Å². The standard InChI is InChI=1S/C13H16O3/c1-13(2,3)11(14)9-7-5-6-8-10(9)12(15)16-4/h5-8H,1-4H3. The van der Waals surface area contributed by atoms with Gasteiger partial charge < -0.3 is 4.74 Å². The van der Waals surface area contributed by atoms with Crippen LogP contribution in [0.15, 0.2) is 24.3 Å². The number of methoxy groups -OCH3 is 1. The molecule has 0 saturated carbocycles. The fourth-order valence-electron chi connectivity index (χ4n) is 1.37. The molecular weight excluding hydrogens is 204 g/mol. The second-order valence-electron chi connectivity index (χ2n) is 4.62. The van der Waals surface area contributed by atoms with Crippen LogP contribution in [0.3, 0.4) is 0 Å². The summed E-state index contributed by atoms with van der Waals surface area (Å²) in [6.45, 7) is 5.47. The number of carbonyl (C=O) groups excluding carboxylic acids is 2. The first kappa shape index (κ1) is 12.4. The highest BCUT2D eigenvalue weighted by Crippen LogP contribution is 2.23. The average molecular weight is 220 g/mol. The highest BCUT2D eigenvalue weighted by molar-refractivity contribution is 6.08. The van der Waals surface area contributed by atoms with Crippen LogP contribution >= 0.6 is 0 Å². The molecule has 0 saturated heterocycles. The molecular formula is C13H16O3. The number of carbonyl (C=O) groups is 2. The largest absolute Gasteiger partial charge is 0.465 e. The van der Waals surface area contributed by atoms with Crippen LogP contribution in [0, 0.1) is 5.41 Å². The van der Waals surface area contributed by atoms with Crippen molar-refractivity contribution in [3.8, 4) is 0 Å². The zero-order valence-electron chi connectivity index (χ0n) is 10.0. The molecule has 0 bridgehead atoms. The predicted molar refractivity (Wildman–Crippen MR) is 61.6 cm³/mol. The van der Waals surface area contributed by atoms with Crippen molar-refractivity contribution in [1.29, 1.82) is 0 Å². The van der Waals surface area contributed by atoms with Crippen molar-refractivity contribution in [1.82, 2.24) is 0 Å². The van der Waals surface area contributed by atoms with E-state index in [2.05, 4.69) is 4.74 Å². The van der Waals surface area contributed by atoms with Gasteiger partial charge in [0, 0.05) is 11.0 Å². The summed E-state index contributed by atoms with van der Waals surface area (Å²) in [6, 6.07) is 6.71. The van der Waals surface area contributed by atoms with Gasteiger partial charge in [-0.05, 0) is 6.07 Å². The first-order chi connectivity index (χ1) is 7.38. The molecule has 0 radical (unpaired) electrons. The van der Waals surface area contributed by atoms with E-state index in [1.807, 2.05) is 20.8 Å². The Kier molecular flexibility index (Phi) is 3.48. The van der Waals surface area contributed by atoms with E-state index in [4.69, 9.17) is 0 Å². The third-order valence-electron chi connectivity index (χ3n) is 2.26. The Bertz CT molecular complexity index is 413. The van der Waals surface area contributed by atoms with Crippen LogP contribution in [-0.4, -0.2) is 18.9 Å². The van der Waals surface area contributed by atoms with Crippen molar-refractivity contribution in [3.63, 3.8) is 0 Å². The lowest BCUT2D eigenvalue weighted by Crippen LogP contribution is -2.23. The molecule has 1 aromatic carbocycles. The summed E-state index contributed by atoms with van der Waals surface area (Å²) in [6.07, 6.45) is 0. The number of Topliss-reactive ketones (excluding diaryl/α,β-unsaturated/α-hetero) is 1. The van der Waals surface area contributed by atoms with Crippen LogP contribution in [0.25, 0.3) is 0 Å². The maximum Gasteiger partial charge on any atom is 0.338 e. The molecule has 0 spiro atoms. The molecule has 3 nitrogen and oxygen atoms in total. The Labute approximate surface area is 95.4 Å². The van der Waals surface area contributed by atoms with Gasteiger partial charge in [-0.3, -0.25) is 4.79 Å². The Morgan fingerprint density at radius 2 is 1.56 bits per heavy atom. The number of hydrogen-bond acceptors (Lipinski definition) is 3. The van der Waals surface area contributed by atoms with E-state index in [-0.39, 0.29) is 5.78 Å². The molecule has 0 aromatic heterocycles. The minimum atomic E-state index is -0.510. The zero-order chi connectivity index (χ0) is 12.3. The predicted octanol–water partition coefficient (Wildman–Crippen LogP) is 2.70. The minimum Gasteiger partial charge on any atom is -0.465 e. The third kappa shape index (κ3) is 2.48. The molecule has 0 aliphatic heterocycles. The highest BCUT2D eigenvalue weighted by Gasteiger charge is 2.26. The van der Waals surface area contributed by atoms with Gasteiger partial charge in [-0.2, -0.15) is 0 Å². The summed E-state index contributed by atoms with van der Waals surface area (Å²) >= 11 is 0. The molecule has 0 fully saturated rings. The van der Waals surface area contributed by atoms with Crippen LogP contribution in [0.4, 0.5) is 0 Å². The lowest BCUT2D eigenvalue weighted by molar-refractivity contribution is 0.0595. The SMILES string of the molecule is COC(=O)c1ccccc1C(=O)C(C)(C)C. The first-order valence-corrected chi connectivity index (χ1v) is 5.10. The van der Waals surface area contributed by atoms with E-state index >= 15 is 0 Å². The molecule has 86 valence electrons. The molecule has 0 N–H and O–H groups in total. The van der Waals surface area contributed by atoms with E-state index in [0.717, 1.165) is 0 Å². The van der Waals surface area contributed by atoms with Crippen molar-refractivity contribution in [2.24, 2.45) is 5.41 Å². The number of esters is 1. The Morgan fingerprint density at radius 1 is 1.06 bits per heavy atom. The quantitative estimate of drug-likeness (QED) is 0.568. The summed E-state index contributed by atoms with van der Waals surface area (Å²) in [5.74, 6) is -0.540. The molecule has 3 heteroatoms. The number of ketones is 1. The molecule has 0 unspecified atom stereocenters. The highest BCUT2D eigenvalue weighted by atomic mass is 16.5. The van der Waals surface area contributed by atoms with Crippen molar-refractivity contribution in [2.45, 2.75) is 20.8 Å². The lowest BCUT2D eigenvalue weighted by atomic mass is 9.85. The number of ether oxygens (including phenoxy) is 1. The van der Waals surface area contributed by atoms with Crippen molar-refractivity contribution < 1.29 is 14.3 Å². The third-order valence-corrected chi connectivity index (χ3v) is 2.26. The van der Waals surface area contributed by atoms with E-state index in [9.17, 15) is 9.59 Å². The topological polar surface area (TPSA) is 43.4 Å². The van der Waals surface area contributed by atoms with Crippen molar-refractivity contribution in [2.75, 3.05) is 7.11 Å². The van der Waals surface area contributed by atoms with Crippen molar-refractivity contribution >= 4 is 11.8 Å². The minimum absolute atomic E-state index is 0.0616. The van der Waals surface area contributed by atoms with Gasteiger partial charge in [0.1, 0.15) is 0 Å². The van der Waals surface area contributed by atoms with Gasteiger partial charge in [0.2, 0.25) is 0 Å². The van der Waals surface area contributed by atoms with Crippen molar-refractivity contribution in [3.05, 3.63) is 35.4 Å². The summed E-state index contributed by atoms with van der Waals surface area (Å²) in [5.41, 5.74) is 0.233. The molecule has 0 heterocycles. The van der Waals surface area contributed by atoms with Crippen LogP contribution in [-0.2, 0) is 4.74 Å². The average Bonchev–Trinajstić information content (AvgIpc) is 2.25. The lowest BCUT2D eigenvalue weighted by Gasteiger charge is -2.18. The van der Waals surface area contributed by atoms with Gasteiger partial charge in [0.25, 0.3) is 0 Å². The smallest absolute Gasteiger partial charge is 0.338 e. The number of rotatable bonds is 2. The number of benzene rings is 1. The Morgan fingerprint density at radius 3 is 2.00 bits per heavy atom. The van der Waals surface area contributed by atoms with Gasteiger partial charge in [-0.1, -0.05) is 39.0 Å². The van der Waals surface area contributed by atoms with E-state index in [1.54, 1.807) is 24.3 Å². The van der Waals surface area contributed by atoms with Crippen LogP contribution < -0.4 is 0 Å².